The summed E-state index contributed by atoms with van der Waals surface area (Å²) in [6.45, 7) is 3.21. The third-order valence-electron chi connectivity index (χ3n) is 2.11. The normalized spacial score (nSPS) is 13.3. The fourth-order valence-corrected chi connectivity index (χ4v) is 2.56. The molecule has 0 N–H and O–H groups in total. The van der Waals surface area contributed by atoms with Gasteiger partial charge in [0.25, 0.3) is 0 Å². The first-order valence-corrected chi connectivity index (χ1v) is 6.93. The van der Waals surface area contributed by atoms with Crippen LogP contribution >= 0.6 is 35.0 Å². The average molecular weight is 324 g/mol. The third-order valence-corrected chi connectivity index (χ3v) is 3.76. The monoisotopic (exact) mass is 323 g/mol. The highest BCUT2D eigenvalue weighted by Gasteiger charge is 2.18. The molecular weight excluding hydrogens is 312 g/mol. The Kier molecular flexibility index (Phi) is 6.10. The van der Waals surface area contributed by atoms with E-state index in [9.17, 15) is 9.18 Å². The van der Waals surface area contributed by atoms with Gasteiger partial charge in [0, 0.05) is 4.90 Å². The Morgan fingerprint density at radius 1 is 1.53 bits per heavy atom. The summed E-state index contributed by atoms with van der Waals surface area (Å²) in [5.41, 5.74) is 0.0801. The second-order valence-corrected chi connectivity index (χ2v) is 5.96. The van der Waals surface area contributed by atoms with Gasteiger partial charge in [0.15, 0.2) is 0 Å². The number of aliphatic imine (C=N–C) groups is 1. The molecule has 1 aromatic carbocycles. The number of carbonyl (C=O) groups excluding carboxylic acids is 1. The molecule has 0 fully saturated rings. The maximum Gasteiger partial charge on any atom is 0.318 e. The van der Waals surface area contributed by atoms with Gasteiger partial charge in [-0.2, -0.15) is 0 Å². The predicted molar refractivity (Wildman–Crippen MR) is 77.4 cm³/mol. The second-order valence-electron chi connectivity index (χ2n) is 3.63. The lowest BCUT2D eigenvalue weighted by Gasteiger charge is -2.11. The van der Waals surface area contributed by atoms with E-state index in [0.29, 0.717) is 4.90 Å². The number of nitrogens with zero attached hydrogens (tertiary/aromatic N) is 1. The fourth-order valence-electron chi connectivity index (χ4n) is 1.26. The molecule has 0 saturated carbocycles. The van der Waals surface area contributed by atoms with Gasteiger partial charge in [0.1, 0.15) is 21.9 Å². The van der Waals surface area contributed by atoms with Gasteiger partial charge in [-0.3, -0.25) is 4.79 Å². The van der Waals surface area contributed by atoms with E-state index in [2.05, 4.69) is 9.73 Å². The van der Waals surface area contributed by atoms with Crippen LogP contribution < -0.4 is 0 Å². The van der Waals surface area contributed by atoms with Crippen LogP contribution in [0.3, 0.4) is 0 Å². The summed E-state index contributed by atoms with van der Waals surface area (Å²) < 4.78 is 18.2. The van der Waals surface area contributed by atoms with E-state index < -0.39 is 11.1 Å². The maximum absolute atomic E-state index is 13.6. The van der Waals surface area contributed by atoms with Crippen molar-refractivity contribution < 1.29 is 13.9 Å². The van der Waals surface area contributed by atoms with Crippen LogP contribution in [0.2, 0.25) is 5.02 Å². The molecule has 1 atom stereocenters. The van der Waals surface area contributed by atoms with Gasteiger partial charge >= 0.3 is 5.97 Å². The summed E-state index contributed by atoms with van der Waals surface area (Å²) >= 11 is 12.7. The number of methoxy groups -OCH3 is 1. The lowest BCUT2D eigenvalue weighted by atomic mass is 10.3. The Morgan fingerprint density at radius 2 is 2.16 bits per heavy atom. The number of esters is 1. The summed E-state index contributed by atoms with van der Waals surface area (Å²) in [5, 5.41) is -0.0375. The minimum absolute atomic E-state index is 0.0801. The van der Waals surface area contributed by atoms with Gasteiger partial charge in [-0.15, -0.1) is 11.8 Å². The van der Waals surface area contributed by atoms with Crippen molar-refractivity contribution in [2.75, 3.05) is 7.11 Å². The van der Waals surface area contributed by atoms with E-state index in [1.54, 1.807) is 13.8 Å². The van der Waals surface area contributed by atoms with Crippen molar-refractivity contribution in [3.63, 3.8) is 0 Å². The second kappa shape index (κ2) is 7.12. The average Bonchev–Trinajstić information content (AvgIpc) is 2.33. The molecule has 0 aliphatic rings. The molecule has 0 saturated heterocycles. The Labute approximate surface area is 125 Å². The highest BCUT2D eigenvalue weighted by molar-refractivity contribution is 8.00. The summed E-state index contributed by atoms with van der Waals surface area (Å²) in [6, 6.07) is 2.60. The molecule has 1 aromatic rings. The van der Waals surface area contributed by atoms with E-state index in [1.807, 2.05) is 0 Å². The molecule has 0 heterocycles. The zero-order chi connectivity index (χ0) is 14.6. The molecule has 0 bridgehead atoms. The number of ether oxygens (including phenoxy) is 1. The first-order chi connectivity index (χ1) is 8.85. The Morgan fingerprint density at radius 3 is 2.68 bits per heavy atom. The van der Waals surface area contributed by atoms with E-state index in [-0.39, 0.29) is 21.9 Å². The summed E-state index contributed by atoms with van der Waals surface area (Å²) in [6.07, 6.45) is 0. The van der Waals surface area contributed by atoms with Gasteiger partial charge in [-0.25, -0.2) is 9.38 Å². The van der Waals surface area contributed by atoms with Crippen LogP contribution in [0.4, 0.5) is 10.1 Å². The number of carbonyl (C=O) groups is 1. The van der Waals surface area contributed by atoms with Gasteiger partial charge in [0.05, 0.1) is 12.1 Å². The largest absolute Gasteiger partial charge is 0.468 e. The van der Waals surface area contributed by atoms with Crippen molar-refractivity contribution in [2.24, 2.45) is 4.99 Å². The molecule has 19 heavy (non-hydrogen) atoms. The molecule has 0 spiro atoms. The number of rotatable bonds is 4. The number of thioether (sulfide) groups is 1. The minimum atomic E-state index is -0.569. The standard InChI is InChI=1S/C12H12Cl2FNO2S/c1-6(12(17)18-3)19-11-5-10(16-7(2)13)9(15)4-8(11)14/h4-6H,1-3H3. The lowest BCUT2D eigenvalue weighted by Crippen LogP contribution is -2.14. The summed E-state index contributed by atoms with van der Waals surface area (Å²) in [7, 11) is 1.30. The Bertz CT molecular complexity index is 519. The molecule has 1 rings (SSSR count). The quantitative estimate of drug-likeness (QED) is 0.467. The number of hydrogen-bond donors (Lipinski definition) is 0. The van der Waals surface area contributed by atoms with Crippen molar-refractivity contribution in [2.45, 2.75) is 24.0 Å². The van der Waals surface area contributed by atoms with Crippen LogP contribution in [0.1, 0.15) is 13.8 Å². The molecule has 1 unspecified atom stereocenters. The first kappa shape index (κ1) is 16.3. The molecule has 0 amide bonds. The van der Waals surface area contributed by atoms with Crippen LogP contribution in [0.25, 0.3) is 0 Å². The third kappa shape index (κ3) is 4.67. The number of hydrogen-bond acceptors (Lipinski definition) is 4. The van der Waals surface area contributed by atoms with Crippen LogP contribution in [0.5, 0.6) is 0 Å². The van der Waals surface area contributed by atoms with Crippen molar-refractivity contribution in [3.05, 3.63) is 23.0 Å². The maximum atomic E-state index is 13.6. The zero-order valence-corrected chi connectivity index (χ0v) is 12.9. The fraction of sp³-hybridized carbons (Fsp3) is 0.333. The molecule has 0 aromatic heterocycles. The van der Waals surface area contributed by atoms with Gasteiger partial charge in [-0.05, 0) is 26.0 Å². The first-order valence-electron chi connectivity index (χ1n) is 5.29. The minimum Gasteiger partial charge on any atom is -0.468 e. The SMILES string of the molecule is COC(=O)C(C)Sc1cc(N=C(C)Cl)c(F)cc1Cl. The highest BCUT2D eigenvalue weighted by atomic mass is 35.5. The Balaban J connectivity index is 3.08. The molecule has 0 radical (unpaired) electrons. The molecule has 3 nitrogen and oxygen atoms in total. The summed E-state index contributed by atoms with van der Waals surface area (Å²) in [4.78, 5) is 15.7. The topological polar surface area (TPSA) is 38.7 Å². The van der Waals surface area contributed by atoms with E-state index >= 15 is 0 Å². The van der Waals surface area contributed by atoms with Crippen molar-refractivity contribution in [1.29, 1.82) is 0 Å². The molecule has 104 valence electrons. The van der Waals surface area contributed by atoms with Crippen molar-refractivity contribution in [3.8, 4) is 0 Å². The van der Waals surface area contributed by atoms with Gasteiger partial charge < -0.3 is 4.74 Å². The number of benzene rings is 1. The molecule has 7 heteroatoms. The van der Waals surface area contributed by atoms with Crippen LogP contribution in [0.15, 0.2) is 22.0 Å². The zero-order valence-electron chi connectivity index (χ0n) is 10.5. The summed E-state index contributed by atoms with van der Waals surface area (Å²) in [5.74, 6) is -0.955. The number of halogens is 3. The van der Waals surface area contributed by atoms with Gasteiger partial charge in [-0.1, -0.05) is 23.2 Å². The lowest BCUT2D eigenvalue weighted by molar-refractivity contribution is -0.139. The molecule has 0 aliphatic heterocycles. The van der Waals surface area contributed by atoms with Crippen molar-refractivity contribution in [1.82, 2.24) is 0 Å². The van der Waals surface area contributed by atoms with E-state index in [0.717, 1.165) is 6.07 Å². The molecule has 0 aliphatic carbocycles. The Hall–Kier alpha value is -0.780. The predicted octanol–water partition coefficient (Wildman–Crippen LogP) is 4.42. The van der Waals surface area contributed by atoms with E-state index in [4.69, 9.17) is 23.2 Å². The smallest absolute Gasteiger partial charge is 0.318 e. The van der Waals surface area contributed by atoms with Crippen LogP contribution in [0, 0.1) is 5.82 Å². The van der Waals surface area contributed by atoms with Crippen molar-refractivity contribution >= 4 is 51.8 Å². The molecular formula is C12H12Cl2FNO2S. The van der Waals surface area contributed by atoms with E-state index in [1.165, 1.54) is 24.9 Å². The van der Waals surface area contributed by atoms with Gasteiger partial charge in [0.2, 0.25) is 0 Å². The highest BCUT2D eigenvalue weighted by Crippen LogP contribution is 2.35. The van der Waals surface area contributed by atoms with Crippen LogP contribution in [-0.2, 0) is 9.53 Å². The van der Waals surface area contributed by atoms with Crippen LogP contribution in [-0.4, -0.2) is 23.5 Å².